The van der Waals surface area contributed by atoms with Crippen LogP contribution in [0.2, 0.25) is 0 Å². The Morgan fingerprint density at radius 3 is 2.18 bits per heavy atom. The molecule has 2 amide bonds. The van der Waals surface area contributed by atoms with Gasteiger partial charge in [0.2, 0.25) is 0 Å². The van der Waals surface area contributed by atoms with Crippen molar-refractivity contribution >= 4 is 52.4 Å². The number of unbranched alkanes of at least 4 members (excludes halogenated alkanes) is 1. The Kier molecular flexibility index (Phi) is 13.6. The van der Waals surface area contributed by atoms with Gasteiger partial charge in [0.25, 0.3) is 5.91 Å². The summed E-state index contributed by atoms with van der Waals surface area (Å²) in [6, 6.07) is 8.71. The molecule has 0 saturated carbocycles. The lowest BCUT2D eigenvalue weighted by Gasteiger charge is -2.26. The first-order valence-corrected chi connectivity index (χ1v) is 17.6. The average Bonchev–Trinajstić information content (AvgIpc) is 3.40. The number of imide groups is 1. The summed E-state index contributed by atoms with van der Waals surface area (Å²) in [5.41, 5.74) is -3.38. The van der Waals surface area contributed by atoms with E-state index in [4.69, 9.17) is 14.2 Å². The van der Waals surface area contributed by atoms with Gasteiger partial charge in [0.15, 0.2) is 0 Å². The number of hydrogen-bond acceptors (Lipinski definition) is 8. The van der Waals surface area contributed by atoms with Crippen LogP contribution in [-0.2, 0) is 25.2 Å². The monoisotopic (exact) mass is 720 g/mol. The molecule has 1 aromatic heterocycles. The van der Waals surface area contributed by atoms with Crippen molar-refractivity contribution < 1.29 is 46.6 Å². The predicted octanol–water partition coefficient (Wildman–Crippen LogP) is 10.3. The maximum absolute atomic E-state index is 14.5. The maximum Gasteiger partial charge on any atom is 0.422 e. The number of esters is 1. The van der Waals surface area contributed by atoms with Crippen molar-refractivity contribution in [3.63, 3.8) is 0 Å². The minimum atomic E-state index is -4.76. The van der Waals surface area contributed by atoms with Crippen LogP contribution in [0.15, 0.2) is 53.6 Å². The van der Waals surface area contributed by atoms with Gasteiger partial charge in [0.05, 0.1) is 35.4 Å². The largest absolute Gasteiger partial charge is 0.465 e. The molecule has 2 aromatic carbocycles. The molecule has 0 aliphatic heterocycles. The summed E-state index contributed by atoms with van der Waals surface area (Å²) in [7, 11) is 0. The Morgan fingerprint density at radius 1 is 0.920 bits per heavy atom. The minimum absolute atomic E-state index is 0.0651. The van der Waals surface area contributed by atoms with Gasteiger partial charge in [-0.25, -0.2) is 14.5 Å². The first-order chi connectivity index (χ1) is 23.3. The molecule has 0 N–H and O–H groups in total. The molecule has 274 valence electrons. The van der Waals surface area contributed by atoms with Gasteiger partial charge in [0, 0.05) is 22.2 Å². The number of rotatable bonds is 12. The normalized spacial score (nSPS) is 12.8. The van der Waals surface area contributed by atoms with Crippen LogP contribution >= 0.6 is 11.8 Å². The van der Waals surface area contributed by atoms with E-state index in [0.29, 0.717) is 22.5 Å². The van der Waals surface area contributed by atoms with E-state index >= 15 is 0 Å². The molecule has 0 spiro atoms. The summed E-state index contributed by atoms with van der Waals surface area (Å²) in [5.74, 6) is -0.858. The highest BCUT2D eigenvalue weighted by molar-refractivity contribution is 7.99. The third kappa shape index (κ3) is 11.3. The van der Waals surface area contributed by atoms with Crippen molar-refractivity contribution in [1.29, 1.82) is 0 Å². The molecule has 1 unspecified atom stereocenters. The zero-order chi connectivity index (χ0) is 37.4. The summed E-state index contributed by atoms with van der Waals surface area (Å²) in [4.78, 5) is 55.1. The minimum Gasteiger partial charge on any atom is -0.465 e. The van der Waals surface area contributed by atoms with Gasteiger partial charge in [-0.1, -0.05) is 45.2 Å². The number of anilines is 1. The van der Waals surface area contributed by atoms with E-state index in [0.717, 1.165) is 42.4 Å². The van der Waals surface area contributed by atoms with Crippen LogP contribution in [0.3, 0.4) is 0 Å². The standard InChI is InChI=1S/C37H47F3N2O7S/c1-9-11-14-24(10-2)23-47-30(43)19-20-50-29-18-13-17-28-31(29)27(22-41(28)33(45)48-35(3,4)5)32(44)42(34(46)49-36(6,7)8)26-16-12-15-25(21-26)37(38,39)40/h12-13,15-18,21-22,24H,9-11,14,19-20,23H2,1-8H3. The van der Waals surface area contributed by atoms with Crippen LogP contribution in [0, 0.1) is 5.92 Å². The number of carbonyl (C=O) groups is 4. The quantitative estimate of drug-likeness (QED) is 0.103. The Hall–Kier alpha value is -4.00. The molecule has 50 heavy (non-hydrogen) atoms. The molecule has 0 fully saturated rings. The van der Waals surface area contributed by atoms with Crippen LogP contribution in [0.4, 0.5) is 28.4 Å². The zero-order valence-electron chi connectivity index (χ0n) is 29.9. The van der Waals surface area contributed by atoms with Gasteiger partial charge in [-0.3, -0.25) is 14.2 Å². The lowest BCUT2D eigenvalue weighted by atomic mass is 10.0. The van der Waals surface area contributed by atoms with Crippen molar-refractivity contribution in [2.24, 2.45) is 5.92 Å². The second-order valence-corrected chi connectivity index (χ2v) is 15.0. The van der Waals surface area contributed by atoms with Gasteiger partial charge < -0.3 is 14.2 Å². The van der Waals surface area contributed by atoms with Crippen LogP contribution in [-0.4, -0.2) is 52.2 Å². The van der Waals surface area contributed by atoms with Gasteiger partial charge in [-0.15, -0.1) is 11.8 Å². The molecule has 9 nitrogen and oxygen atoms in total. The average molecular weight is 721 g/mol. The molecule has 13 heteroatoms. The van der Waals surface area contributed by atoms with Crippen LogP contribution in [0.1, 0.15) is 103 Å². The highest BCUT2D eigenvalue weighted by atomic mass is 32.2. The lowest BCUT2D eigenvalue weighted by Crippen LogP contribution is -2.41. The van der Waals surface area contributed by atoms with E-state index in [-0.39, 0.29) is 46.2 Å². The summed E-state index contributed by atoms with van der Waals surface area (Å²) in [6.45, 7) is 14.2. The molecule has 1 atom stereocenters. The van der Waals surface area contributed by atoms with E-state index in [1.165, 1.54) is 24.0 Å². The molecule has 0 radical (unpaired) electrons. The van der Waals surface area contributed by atoms with Crippen LogP contribution in [0.25, 0.3) is 10.9 Å². The van der Waals surface area contributed by atoms with E-state index in [2.05, 4.69) is 13.8 Å². The molecule has 1 heterocycles. The summed E-state index contributed by atoms with van der Waals surface area (Å²) < 4.78 is 58.9. The molecule has 0 bridgehead atoms. The Balaban J connectivity index is 2.08. The third-order valence-corrected chi connectivity index (χ3v) is 8.47. The number of thioether (sulfide) groups is 1. The van der Waals surface area contributed by atoms with Crippen molar-refractivity contribution in [3.8, 4) is 0 Å². The third-order valence-electron chi connectivity index (χ3n) is 7.41. The molecular weight excluding hydrogens is 673 g/mol. The fraction of sp³-hybridized carbons (Fsp3) is 0.514. The lowest BCUT2D eigenvalue weighted by molar-refractivity contribution is -0.144. The van der Waals surface area contributed by atoms with Gasteiger partial charge in [-0.05, 0) is 84.2 Å². The fourth-order valence-corrected chi connectivity index (χ4v) is 6.00. The Morgan fingerprint density at radius 2 is 1.58 bits per heavy atom. The maximum atomic E-state index is 14.5. The molecule has 3 rings (SSSR count). The summed E-state index contributed by atoms with van der Waals surface area (Å²) in [5, 5.41) is 0.243. The van der Waals surface area contributed by atoms with Crippen molar-refractivity contribution in [1.82, 2.24) is 4.57 Å². The number of benzene rings is 2. The number of aromatic nitrogens is 1. The van der Waals surface area contributed by atoms with Gasteiger partial charge in [-0.2, -0.15) is 13.2 Å². The number of halogens is 3. The smallest absolute Gasteiger partial charge is 0.422 e. The highest BCUT2D eigenvalue weighted by Gasteiger charge is 2.36. The molecular formula is C37H47F3N2O7S. The van der Waals surface area contributed by atoms with E-state index in [9.17, 15) is 32.3 Å². The van der Waals surface area contributed by atoms with Gasteiger partial charge >= 0.3 is 24.3 Å². The van der Waals surface area contributed by atoms with Crippen molar-refractivity contribution in [3.05, 3.63) is 59.8 Å². The van der Waals surface area contributed by atoms with E-state index in [1.54, 1.807) is 59.7 Å². The topological polar surface area (TPSA) is 104 Å². The predicted molar refractivity (Wildman–Crippen MR) is 188 cm³/mol. The summed E-state index contributed by atoms with van der Waals surface area (Å²) >= 11 is 1.23. The number of alkyl halides is 3. The summed E-state index contributed by atoms with van der Waals surface area (Å²) in [6.07, 6.45) is -1.54. The van der Waals surface area contributed by atoms with E-state index in [1.807, 2.05) is 0 Å². The zero-order valence-corrected chi connectivity index (χ0v) is 30.8. The molecule has 0 aliphatic carbocycles. The first kappa shape index (κ1) is 40.4. The van der Waals surface area contributed by atoms with Crippen LogP contribution in [0.5, 0.6) is 0 Å². The van der Waals surface area contributed by atoms with Crippen molar-refractivity contribution in [2.75, 3.05) is 17.3 Å². The first-order valence-electron chi connectivity index (χ1n) is 16.7. The Bertz CT molecular complexity index is 1670. The Labute approximate surface area is 295 Å². The number of carbonyl (C=O) groups excluding carboxylic acids is 4. The number of fused-ring (bicyclic) bond motifs is 1. The second kappa shape index (κ2) is 16.8. The second-order valence-electron chi connectivity index (χ2n) is 13.9. The number of amides is 2. The SMILES string of the molecule is CCCCC(CC)COC(=O)CCSc1cccc2c1c(C(=O)N(C(=O)OC(C)(C)C)c1cccc(C(F)(F)F)c1)cn2C(=O)OC(C)(C)C. The number of nitrogens with zero attached hydrogens (tertiary/aromatic N) is 2. The highest BCUT2D eigenvalue weighted by Crippen LogP contribution is 2.36. The van der Waals surface area contributed by atoms with Crippen molar-refractivity contribution in [2.45, 2.75) is 110 Å². The molecule has 0 saturated heterocycles. The molecule has 0 aliphatic rings. The van der Waals surface area contributed by atoms with E-state index < -0.39 is 41.0 Å². The number of ether oxygens (including phenoxy) is 3. The van der Waals surface area contributed by atoms with Crippen LogP contribution < -0.4 is 4.90 Å². The van der Waals surface area contributed by atoms with Gasteiger partial charge in [0.1, 0.15) is 11.2 Å². The molecule has 3 aromatic rings. The number of hydrogen-bond donors (Lipinski definition) is 0. The fourth-order valence-electron chi connectivity index (χ4n) is 4.98.